The number of carbonyl (C=O) groups is 1. The molecule has 0 aliphatic carbocycles. The topological polar surface area (TPSA) is 121 Å². The maximum atomic E-state index is 13.8. The number of nitrogen functional groups attached to an aromatic ring is 1. The minimum atomic E-state index is -0.665. The van der Waals surface area contributed by atoms with Crippen molar-refractivity contribution in [2.24, 2.45) is 0 Å². The van der Waals surface area contributed by atoms with Crippen LogP contribution in [0.1, 0.15) is 28.9 Å². The standard InChI is InChI=1S/C22H21FN6O3/c1-3-31-18-11-7-4-8-14(18)22-26-17(13(2)32-22)12-29-20(24)19(27-28-29)21(30)25-16-10-6-5-9-15(16)23/h4-11H,3,12,24H2,1-2H3,(H,25,30). The largest absolute Gasteiger partial charge is 0.493 e. The van der Waals surface area contributed by atoms with Gasteiger partial charge in [0, 0.05) is 0 Å². The summed E-state index contributed by atoms with van der Waals surface area (Å²) in [6, 6.07) is 13.2. The fraction of sp³-hybridized carbons (Fsp3) is 0.182. The summed E-state index contributed by atoms with van der Waals surface area (Å²) in [4.78, 5) is 17.0. The second-order valence-electron chi connectivity index (χ2n) is 6.87. The van der Waals surface area contributed by atoms with Crippen LogP contribution >= 0.6 is 0 Å². The molecule has 0 saturated heterocycles. The Morgan fingerprint density at radius 3 is 2.75 bits per heavy atom. The Morgan fingerprint density at radius 2 is 1.97 bits per heavy atom. The molecule has 164 valence electrons. The maximum Gasteiger partial charge on any atom is 0.280 e. The lowest BCUT2D eigenvalue weighted by Crippen LogP contribution is -2.16. The molecule has 0 unspecified atom stereocenters. The second kappa shape index (κ2) is 8.88. The first kappa shape index (κ1) is 21.0. The van der Waals surface area contributed by atoms with Gasteiger partial charge in [-0.1, -0.05) is 29.5 Å². The third-order valence-corrected chi connectivity index (χ3v) is 4.72. The minimum Gasteiger partial charge on any atom is -0.493 e. The van der Waals surface area contributed by atoms with Crippen molar-refractivity contribution in [1.29, 1.82) is 0 Å². The number of nitrogens with two attached hydrogens (primary N) is 1. The Bertz CT molecular complexity index is 1270. The van der Waals surface area contributed by atoms with Crippen LogP contribution < -0.4 is 15.8 Å². The molecule has 4 aromatic rings. The van der Waals surface area contributed by atoms with Crippen LogP contribution in [-0.2, 0) is 6.54 Å². The molecule has 1 amide bonds. The fourth-order valence-corrected chi connectivity index (χ4v) is 3.10. The van der Waals surface area contributed by atoms with Gasteiger partial charge in [0.05, 0.1) is 24.4 Å². The van der Waals surface area contributed by atoms with Crippen LogP contribution in [-0.4, -0.2) is 32.5 Å². The average Bonchev–Trinajstić information content (AvgIpc) is 3.33. The quantitative estimate of drug-likeness (QED) is 0.453. The number of aromatic nitrogens is 4. The number of nitrogens with zero attached hydrogens (tertiary/aromatic N) is 4. The van der Waals surface area contributed by atoms with E-state index in [9.17, 15) is 9.18 Å². The summed E-state index contributed by atoms with van der Waals surface area (Å²) in [6.07, 6.45) is 0. The number of aryl methyl sites for hydroxylation is 1. The number of carbonyl (C=O) groups excluding carboxylic acids is 1. The molecule has 10 heteroatoms. The van der Waals surface area contributed by atoms with Crippen LogP contribution in [0.5, 0.6) is 5.75 Å². The van der Waals surface area contributed by atoms with E-state index < -0.39 is 11.7 Å². The van der Waals surface area contributed by atoms with Gasteiger partial charge in [-0.25, -0.2) is 14.1 Å². The number of anilines is 2. The van der Waals surface area contributed by atoms with Gasteiger partial charge in [0.25, 0.3) is 5.91 Å². The second-order valence-corrected chi connectivity index (χ2v) is 6.87. The van der Waals surface area contributed by atoms with E-state index in [4.69, 9.17) is 14.9 Å². The Morgan fingerprint density at radius 1 is 1.22 bits per heavy atom. The van der Waals surface area contributed by atoms with Gasteiger partial charge in [-0.2, -0.15) is 0 Å². The number of ether oxygens (including phenoxy) is 1. The van der Waals surface area contributed by atoms with Crippen LogP contribution in [0.2, 0.25) is 0 Å². The van der Waals surface area contributed by atoms with E-state index in [1.54, 1.807) is 13.0 Å². The Balaban J connectivity index is 1.56. The predicted molar refractivity (Wildman–Crippen MR) is 116 cm³/mol. The lowest BCUT2D eigenvalue weighted by Gasteiger charge is -2.06. The SMILES string of the molecule is CCOc1ccccc1-c1nc(Cn2nnc(C(=O)Nc3ccccc3F)c2N)c(C)o1. The highest BCUT2D eigenvalue weighted by Gasteiger charge is 2.21. The molecule has 0 saturated carbocycles. The molecule has 0 aliphatic heterocycles. The number of benzene rings is 2. The molecule has 0 fully saturated rings. The number of rotatable bonds is 7. The van der Waals surface area contributed by atoms with Gasteiger partial charge in [-0.15, -0.1) is 5.10 Å². The van der Waals surface area contributed by atoms with Crippen molar-refractivity contribution in [3.63, 3.8) is 0 Å². The highest BCUT2D eigenvalue weighted by atomic mass is 19.1. The van der Waals surface area contributed by atoms with Gasteiger partial charge in [0.2, 0.25) is 5.89 Å². The van der Waals surface area contributed by atoms with Crippen LogP contribution in [0.4, 0.5) is 15.9 Å². The van der Waals surface area contributed by atoms with Gasteiger partial charge in [0.15, 0.2) is 11.5 Å². The number of amides is 1. The third-order valence-electron chi connectivity index (χ3n) is 4.72. The maximum absolute atomic E-state index is 13.8. The summed E-state index contributed by atoms with van der Waals surface area (Å²) < 4.78 is 26.6. The molecule has 2 aromatic carbocycles. The van der Waals surface area contributed by atoms with Gasteiger partial charge in [-0.05, 0) is 38.1 Å². The molecule has 0 bridgehead atoms. The van der Waals surface area contributed by atoms with E-state index in [0.29, 0.717) is 29.7 Å². The van der Waals surface area contributed by atoms with Crippen LogP contribution in [0.15, 0.2) is 52.9 Å². The molecule has 0 radical (unpaired) electrons. The Hall–Kier alpha value is -4.21. The number of para-hydroxylation sites is 2. The summed E-state index contributed by atoms with van der Waals surface area (Å²) >= 11 is 0. The lowest BCUT2D eigenvalue weighted by atomic mass is 10.2. The van der Waals surface area contributed by atoms with Crippen molar-refractivity contribution in [3.05, 3.63) is 71.5 Å². The smallest absolute Gasteiger partial charge is 0.280 e. The first-order chi connectivity index (χ1) is 15.5. The molecular weight excluding hydrogens is 415 g/mol. The van der Waals surface area contributed by atoms with E-state index in [1.165, 1.54) is 22.9 Å². The van der Waals surface area contributed by atoms with Gasteiger partial charge < -0.3 is 20.2 Å². The van der Waals surface area contributed by atoms with Gasteiger partial charge in [0.1, 0.15) is 23.0 Å². The number of hydrogen-bond donors (Lipinski definition) is 2. The molecular formula is C22H21FN6O3. The van der Waals surface area contributed by atoms with E-state index in [-0.39, 0.29) is 23.7 Å². The average molecular weight is 436 g/mol. The normalized spacial score (nSPS) is 10.8. The van der Waals surface area contributed by atoms with Crippen molar-refractivity contribution in [2.45, 2.75) is 20.4 Å². The zero-order valence-corrected chi connectivity index (χ0v) is 17.5. The van der Waals surface area contributed by atoms with E-state index in [1.807, 2.05) is 31.2 Å². The first-order valence-corrected chi connectivity index (χ1v) is 9.91. The summed E-state index contributed by atoms with van der Waals surface area (Å²) in [5, 5.41) is 10.2. The molecule has 3 N–H and O–H groups in total. The zero-order valence-electron chi connectivity index (χ0n) is 17.5. The number of oxazole rings is 1. The molecule has 9 nitrogen and oxygen atoms in total. The summed E-state index contributed by atoms with van der Waals surface area (Å²) in [7, 11) is 0. The fourth-order valence-electron chi connectivity index (χ4n) is 3.10. The summed E-state index contributed by atoms with van der Waals surface area (Å²) in [5.41, 5.74) is 7.29. The molecule has 32 heavy (non-hydrogen) atoms. The summed E-state index contributed by atoms with van der Waals surface area (Å²) in [5.74, 6) is 0.427. The third kappa shape index (κ3) is 4.15. The Kier molecular flexibility index (Phi) is 5.84. The van der Waals surface area contributed by atoms with E-state index in [0.717, 1.165) is 5.56 Å². The van der Waals surface area contributed by atoms with Crippen molar-refractivity contribution < 1.29 is 18.3 Å². The molecule has 0 atom stereocenters. The number of halogens is 1. The molecule has 4 rings (SSSR count). The molecule has 0 aliphatic rings. The minimum absolute atomic E-state index is 0.0244. The van der Waals surface area contributed by atoms with Crippen molar-refractivity contribution in [2.75, 3.05) is 17.7 Å². The highest BCUT2D eigenvalue weighted by Crippen LogP contribution is 2.31. The van der Waals surface area contributed by atoms with Crippen molar-refractivity contribution >= 4 is 17.4 Å². The van der Waals surface area contributed by atoms with Crippen LogP contribution in [0.3, 0.4) is 0 Å². The lowest BCUT2D eigenvalue weighted by molar-refractivity contribution is 0.102. The first-order valence-electron chi connectivity index (χ1n) is 9.91. The highest BCUT2D eigenvalue weighted by molar-refractivity contribution is 6.05. The Labute approximate surface area is 183 Å². The molecule has 2 heterocycles. The van der Waals surface area contributed by atoms with E-state index >= 15 is 0 Å². The summed E-state index contributed by atoms with van der Waals surface area (Å²) in [6.45, 7) is 4.32. The monoisotopic (exact) mass is 436 g/mol. The van der Waals surface area contributed by atoms with E-state index in [2.05, 4.69) is 20.6 Å². The number of hydrogen-bond acceptors (Lipinski definition) is 7. The van der Waals surface area contributed by atoms with Crippen molar-refractivity contribution in [3.8, 4) is 17.2 Å². The molecule has 2 aromatic heterocycles. The molecule has 0 spiro atoms. The number of nitrogens with one attached hydrogen (secondary N) is 1. The van der Waals surface area contributed by atoms with Crippen LogP contribution in [0, 0.1) is 12.7 Å². The van der Waals surface area contributed by atoms with Crippen molar-refractivity contribution in [1.82, 2.24) is 20.0 Å². The van der Waals surface area contributed by atoms with Gasteiger partial charge >= 0.3 is 0 Å². The predicted octanol–water partition coefficient (Wildman–Crippen LogP) is 3.66. The van der Waals surface area contributed by atoms with Gasteiger partial charge in [-0.3, -0.25) is 4.79 Å². The van der Waals surface area contributed by atoms with Crippen LogP contribution in [0.25, 0.3) is 11.5 Å². The zero-order chi connectivity index (χ0) is 22.7.